The summed E-state index contributed by atoms with van der Waals surface area (Å²) in [5.74, 6) is 0. The Hall–Kier alpha value is -0.980. The van der Waals surface area contributed by atoms with Crippen molar-refractivity contribution in [3.8, 4) is 0 Å². The van der Waals surface area contributed by atoms with Crippen molar-refractivity contribution in [3.63, 3.8) is 0 Å². The summed E-state index contributed by atoms with van der Waals surface area (Å²) in [5.41, 5.74) is -0.664. The van der Waals surface area contributed by atoms with Gasteiger partial charge in [0, 0.05) is 6.61 Å². The van der Waals surface area contributed by atoms with Gasteiger partial charge in [0.05, 0.1) is 11.6 Å². The molecule has 0 aromatic rings. The van der Waals surface area contributed by atoms with Crippen LogP contribution in [0.15, 0.2) is 0 Å². The number of halogens is 3. The Kier molecular flexibility index (Phi) is 3.67. The van der Waals surface area contributed by atoms with Crippen molar-refractivity contribution in [1.29, 1.82) is 0 Å². The summed E-state index contributed by atoms with van der Waals surface area (Å²) in [6.45, 7) is 2.35. The Labute approximate surface area is 91.1 Å². The van der Waals surface area contributed by atoms with Crippen molar-refractivity contribution in [2.75, 3.05) is 13.2 Å². The van der Waals surface area contributed by atoms with Crippen LogP contribution in [0.25, 0.3) is 0 Å². The number of amides is 1. The summed E-state index contributed by atoms with van der Waals surface area (Å²) in [6.07, 6.45) is -5.27. The molecule has 16 heavy (non-hydrogen) atoms. The maximum absolute atomic E-state index is 11.8. The summed E-state index contributed by atoms with van der Waals surface area (Å²) >= 11 is 0. The van der Waals surface area contributed by atoms with E-state index in [2.05, 4.69) is 10.1 Å². The average Bonchev–Trinajstić information content (AvgIpc) is 2.43. The Morgan fingerprint density at radius 2 is 2.25 bits per heavy atom. The van der Waals surface area contributed by atoms with E-state index in [0.717, 1.165) is 0 Å². The molecule has 0 aliphatic carbocycles. The van der Waals surface area contributed by atoms with E-state index in [4.69, 9.17) is 4.74 Å². The second kappa shape index (κ2) is 4.48. The number of ether oxygens (including phenoxy) is 2. The van der Waals surface area contributed by atoms with Crippen LogP contribution in [-0.4, -0.2) is 37.1 Å². The van der Waals surface area contributed by atoms with E-state index in [-0.39, 0.29) is 6.10 Å². The van der Waals surface area contributed by atoms with E-state index in [0.29, 0.717) is 13.0 Å². The maximum atomic E-state index is 11.8. The minimum atomic E-state index is -4.50. The predicted molar refractivity (Wildman–Crippen MR) is 49.0 cm³/mol. The molecule has 0 radical (unpaired) electrons. The van der Waals surface area contributed by atoms with Crippen molar-refractivity contribution in [2.45, 2.75) is 38.1 Å². The highest BCUT2D eigenvalue weighted by Crippen LogP contribution is 2.25. The van der Waals surface area contributed by atoms with Crippen molar-refractivity contribution in [3.05, 3.63) is 0 Å². The molecule has 7 heteroatoms. The number of alkyl halides is 3. The first kappa shape index (κ1) is 13.1. The van der Waals surface area contributed by atoms with Gasteiger partial charge in [0.15, 0.2) is 6.61 Å². The molecule has 0 aromatic heterocycles. The fourth-order valence-corrected chi connectivity index (χ4v) is 1.42. The van der Waals surface area contributed by atoms with E-state index < -0.39 is 24.4 Å². The summed E-state index contributed by atoms with van der Waals surface area (Å²) in [4.78, 5) is 11.1. The molecular formula is C9H14F3NO3. The van der Waals surface area contributed by atoms with Gasteiger partial charge in [-0.25, -0.2) is 4.79 Å². The van der Waals surface area contributed by atoms with E-state index >= 15 is 0 Å². The van der Waals surface area contributed by atoms with E-state index in [1.807, 2.05) is 0 Å². The van der Waals surface area contributed by atoms with Crippen LogP contribution in [0, 0.1) is 0 Å². The fraction of sp³-hybridized carbons (Fsp3) is 0.889. The number of carbonyl (C=O) groups is 1. The summed E-state index contributed by atoms with van der Waals surface area (Å²) in [7, 11) is 0. The summed E-state index contributed by atoms with van der Waals surface area (Å²) in [5, 5.41) is 2.39. The van der Waals surface area contributed by atoms with Gasteiger partial charge in [0.25, 0.3) is 0 Å². The van der Waals surface area contributed by atoms with E-state index in [1.165, 1.54) is 0 Å². The second-order valence-electron chi connectivity index (χ2n) is 4.00. The molecule has 1 N–H and O–H groups in total. The molecule has 1 saturated heterocycles. The number of nitrogens with one attached hydrogen (secondary N) is 1. The monoisotopic (exact) mass is 241 g/mol. The molecule has 2 atom stereocenters. The van der Waals surface area contributed by atoms with Crippen LogP contribution in [0.2, 0.25) is 0 Å². The van der Waals surface area contributed by atoms with Gasteiger partial charge < -0.3 is 14.8 Å². The summed E-state index contributed by atoms with van der Waals surface area (Å²) in [6, 6.07) is 0. The van der Waals surface area contributed by atoms with Gasteiger partial charge in [-0.3, -0.25) is 0 Å². The molecule has 2 unspecified atom stereocenters. The van der Waals surface area contributed by atoms with E-state index in [9.17, 15) is 18.0 Å². The van der Waals surface area contributed by atoms with Crippen LogP contribution < -0.4 is 5.32 Å². The minimum absolute atomic E-state index is 0.245. The molecular weight excluding hydrogens is 227 g/mol. The number of carbonyl (C=O) groups excluding carboxylic acids is 1. The number of rotatable bonds is 2. The molecule has 1 amide bonds. The Morgan fingerprint density at radius 1 is 1.62 bits per heavy atom. The van der Waals surface area contributed by atoms with Gasteiger partial charge in [0.1, 0.15) is 0 Å². The predicted octanol–water partition coefficient (Wildman–Crippen LogP) is 1.84. The SMILES string of the molecule is CC1OCCC1(C)NC(=O)OCC(F)(F)F. The number of hydrogen-bond donors (Lipinski definition) is 1. The first-order valence-electron chi connectivity index (χ1n) is 4.86. The lowest BCUT2D eigenvalue weighted by molar-refractivity contribution is -0.160. The van der Waals surface area contributed by atoms with Crippen molar-refractivity contribution >= 4 is 6.09 Å². The van der Waals surface area contributed by atoms with Crippen LogP contribution in [0.3, 0.4) is 0 Å². The molecule has 1 rings (SSSR count). The van der Waals surface area contributed by atoms with Crippen molar-refractivity contribution in [1.82, 2.24) is 5.32 Å². The molecule has 4 nitrogen and oxygen atoms in total. The number of hydrogen-bond acceptors (Lipinski definition) is 3. The third-order valence-electron chi connectivity index (χ3n) is 2.64. The third-order valence-corrected chi connectivity index (χ3v) is 2.64. The maximum Gasteiger partial charge on any atom is 0.422 e. The molecule has 1 heterocycles. The highest BCUT2D eigenvalue weighted by atomic mass is 19.4. The smallest absolute Gasteiger partial charge is 0.422 e. The zero-order valence-corrected chi connectivity index (χ0v) is 9.06. The molecule has 1 aliphatic heterocycles. The quantitative estimate of drug-likeness (QED) is 0.802. The molecule has 0 aromatic carbocycles. The first-order valence-corrected chi connectivity index (χ1v) is 4.86. The molecule has 1 fully saturated rings. The third kappa shape index (κ3) is 3.55. The van der Waals surface area contributed by atoms with Gasteiger partial charge in [0.2, 0.25) is 0 Å². The van der Waals surface area contributed by atoms with Crippen LogP contribution in [0.1, 0.15) is 20.3 Å². The topological polar surface area (TPSA) is 47.6 Å². The van der Waals surface area contributed by atoms with Crippen molar-refractivity contribution in [2.24, 2.45) is 0 Å². The number of alkyl carbamates (subject to hydrolysis) is 1. The first-order chi connectivity index (χ1) is 7.23. The lowest BCUT2D eigenvalue weighted by atomic mass is 9.95. The zero-order valence-electron chi connectivity index (χ0n) is 9.06. The van der Waals surface area contributed by atoms with Gasteiger partial charge in [-0.05, 0) is 20.3 Å². The standard InChI is InChI=1S/C9H14F3NO3/c1-6-8(2,3-4-15-6)13-7(14)16-5-9(10,11)12/h6H,3-5H2,1-2H3,(H,13,14). The second-order valence-corrected chi connectivity index (χ2v) is 4.00. The van der Waals surface area contributed by atoms with Gasteiger partial charge >= 0.3 is 12.3 Å². The lowest BCUT2D eigenvalue weighted by Crippen LogP contribution is -2.51. The highest BCUT2D eigenvalue weighted by Gasteiger charge is 2.39. The fourth-order valence-electron chi connectivity index (χ4n) is 1.42. The molecule has 94 valence electrons. The molecule has 0 saturated carbocycles. The van der Waals surface area contributed by atoms with Gasteiger partial charge in [-0.2, -0.15) is 13.2 Å². The largest absolute Gasteiger partial charge is 0.440 e. The zero-order chi connectivity index (χ0) is 12.4. The Balaban J connectivity index is 2.39. The van der Waals surface area contributed by atoms with Gasteiger partial charge in [-0.1, -0.05) is 0 Å². The van der Waals surface area contributed by atoms with Gasteiger partial charge in [-0.15, -0.1) is 0 Å². The van der Waals surface area contributed by atoms with Crippen LogP contribution in [-0.2, 0) is 9.47 Å². The van der Waals surface area contributed by atoms with Crippen LogP contribution in [0.5, 0.6) is 0 Å². The highest BCUT2D eigenvalue weighted by molar-refractivity contribution is 5.68. The van der Waals surface area contributed by atoms with E-state index in [1.54, 1.807) is 13.8 Å². The van der Waals surface area contributed by atoms with Crippen LogP contribution in [0.4, 0.5) is 18.0 Å². The average molecular weight is 241 g/mol. The Bertz CT molecular complexity index is 269. The molecule has 0 bridgehead atoms. The summed E-state index contributed by atoms with van der Waals surface area (Å²) < 4.78 is 44.6. The normalized spacial score (nSPS) is 30.2. The minimum Gasteiger partial charge on any atom is -0.440 e. The lowest BCUT2D eigenvalue weighted by Gasteiger charge is -2.28. The van der Waals surface area contributed by atoms with Crippen molar-refractivity contribution < 1.29 is 27.4 Å². The Morgan fingerprint density at radius 3 is 2.69 bits per heavy atom. The van der Waals surface area contributed by atoms with Crippen LogP contribution >= 0.6 is 0 Å². The molecule has 1 aliphatic rings. The molecule has 0 spiro atoms.